The van der Waals surface area contributed by atoms with Crippen LogP contribution in [-0.2, 0) is 0 Å². The number of alkyl halides is 2. The van der Waals surface area contributed by atoms with Gasteiger partial charge < -0.3 is 5.32 Å². The van der Waals surface area contributed by atoms with Crippen LogP contribution in [-0.4, -0.2) is 12.5 Å². The molecule has 0 saturated carbocycles. The number of piperidine rings is 1. The lowest BCUT2D eigenvalue weighted by Gasteiger charge is -2.35. The lowest BCUT2D eigenvalue weighted by molar-refractivity contribution is -0.0841. The molecule has 2 atom stereocenters. The second kappa shape index (κ2) is 3.89. The molecule has 0 aliphatic carbocycles. The van der Waals surface area contributed by atoms with Crippen molar-refractivity contribution in [2.24, 2.45) is 5.92 Å². The summed E-state index contributed by atoms with van der Waals surface area (Å²) < 4.78 is 27.0. The Morgan fingerprint density at radius 3 is 2.53 bits per heavy atom. The van der Waals surface area contributed by atoms with Crippen LogP contribution in [0.2, 0.25) is 0 Å². The third kappa shape index (κ3) is 2.17. The van der Waals surface area contributed by atoms with Gasteiger partial charge in [-0.1, -0.05) is 37.3 Å². The molecule has 2 unspecified atom stereocenters. The topological polar surface area (TPSA) is 12.0 Å². The average Bonchev–Trinajstić information content (AvgIpc) is 2.23. The van der Waals surface area contributed by atoms with E-state index < -0.39 is 11.8 Å². The van der Waals surface area contributed by atoms with Crippen LogP contribution >= 0.6 is 0 Å². The van der Waals surface area contributed by atoms with E-state index in [1.165, 1.54) is 0 Å². The van der Waals surface area contributed by atoms with Gasteiger partial charge in [-0.05, 0) is 5.56 Å². The fourth-order valence-corrected chi connectivity index (χ4v) is 1.93. The number of halogens is 2. The highest BCUT2D eigenvalue weighted by Crippen LogP contribution is 2.37. The molecule has 1 aliphatic rings. The van der Waals surface area contributed by atoms with Gasteiger partial charge in [0, 0.05) is 24.9 Å². The smallest absolute Gasteiger partial charge is 0.253 e. The van der Waals surface area contributed by atoms with Crippen LogP contribution in [0.1, 0.15) is 24.9 Å². The van der Waals surface area contributed by atoms with Gasteiger partial charge in [-0.2, -0.15) is 0 Å². The Hall–Kier alpha value is -0.960. The molecule has 3 heteroatoms. The number of nitrogens with one attached hydrogen (secondary N) is 1. The van der Waals surface area contributed by atoms with Gasteiger partial charge >= 0.3 is 0 Å². The van der Waals surface area contributed by atoms with Gasteiger partial charge in [0.1, 0.15) is 0 Å². The molecule has 0 aromatic heterocycles. The quantitative estimate of drug-likeness (QED) is 0.753. The van der Waals surface area contributed by atoms with Crippen LogP contribution in [0.15, 0.2) is 30.3 Å². The van der Waals surface area contributed by atoms with Crippen molar-refractivity contribution in [3.63, 3.8) is 0 Å². The van der Waals surface area contributed by atoms with Crippen molar-refractivity contribution in [3.8, 4) is 0 Å². The third-order valence-electron chi connectivity index (χ3n) is 3.07. The Morgan fingerprint density at radius 2 is 1.93 bits per heavy atom. The summed E-state index contributed by atoms with van der Waals surface area (Å²) in [5, 5.41) is 3.16. The molecule has 1 N–H and O–H groups in total. The molecule has 0 bridgehead atoms. The first-order chi connectivity index (χ1) is 7.09. The maximum Gasteiger partial charge on any atom is 0.253 e. The van der Waals surface area contributed by atoms with E-state index in [9.17, 15) is 8.78 Å². The summed E-state index contributed by atoms with van der Waals surface area (Å²) in [4.78, 5) is 0. The fraction of sp³-hybridized carbons (Fsp3) is 0.500. The van der Waals surface area contributed by atoms with Crippen molar-refractivity contribution in [3.05, 3.63) is 35.9 Å². The molecule has 0 amide bonds. The highest BCUT2D eigenvalue weighted by atomic mass is 19.3. The van der Waals surface area contributed by atoms with Crippen molar-refractivity contribution in [2.45, 2.75) is 25.3 Å². The molecule has 1 fully saturated rings. The lowest BCUT2D eigenvalue weighted by Crippen LogP contribution is -2.44. The summed E-state index contributed by atoms with van der Waals surface area (Å²) in [6.45, 7) is 1.97. The van der Waals surface area contributed by atoms with E-state index in [1.54, 1.807) is 6.92 Å². The minimum atomic E-state index is -2.55. The molecular formula is C12H15F2N. The summed E-state index contributed by atoms with van der Waals surface area (Å²) in [5.41, 5.74) is 0.948. The zero-order valence-corrected chi connectivity index (χ0v) is 8.71. The number of rotatable bonds is 1. The van der Waals surface area contributed by atoms with Crippen molar-refractivity contribution in [1.82, 2.24) is 5.32 Å². The largest absolute Gasteiger partial charge is 0.309 e. The average molecular weight is 211 g/mol. The van der Waals surface area contributed by atoms with E-state index in [0.29, 0.717) is 6.54 Å². The molecule has 1 aromatic rings. The van der Waals surface area contributed by atoms with E-state index in [4.69, 9.17) is 0 Å². The molecule has 2 rings (SSSR count). The van der Waals surface area contributed by atoms with E-state index in [1.807, 2.05) is 30.3 Å². The van der Waals surface area contributed by atoms with Gasteiger partial charge in [-0.15, -0.1) is 0 Å². The van der Waals surface area contributed by atoms with Crippen LogP contribution in [0, 0.1) is 5.92 Å². The monoisotopic (exact) mass is 211 g/mol. The molecule has 15 heavy (non-hydrogen) atoms. The van der Waals surface area contributed by atoms with E-state index >= 15 is 0 Å². The minimum absolute atomic E-state index is 0.0990. The van der Waals surface area contributed by atoms with Crippen molar-refractivity contribution < 1.29 is 8.78 Å². The molecule has 0 spiro atoms. The second-order valence-electron chi connectivity index (χ2n) is 4.24. The Bertz CT molecular complexity index is 324. The molecule has 1 aromatic carbocycles. The minimum Gasteiger partial charge on any atom is -0.309 e. The Morgan fingerprint density at radius 1 is 1.27 bits per heavy atom. The summed E-state index contributed by atoms with van der Waals surface area (Å²) in [6, 6.07) is 9.23. The Labute approximate surface area is 88.5 Å². The van der Waals surface area contributed by atoms with Crippen molar-refractivity contribution in [1.29, 1.82) is 0 Å². The van der Waals surface area contributed by atoms with Crippen LogP contribution in [0.4, 0.5) is 8.78 Å². The van der Waals surface area contributed by atoms with Crippen molar-refractivity contribution in [2.75, 3.05) is 6.54 Å². The van der Waals surface area contributed by atoms with Crippen LogP contribution < -0.4 is 5.32 Å². The Balaban J connectivity index is 2.14. The number of benzene rings is 1. The van der Waals surface area contributed by atoms with Gasteiger partial charge in [-0.3, -0.25) is 0 Å². The lowest BCUT2D eigenvalue weighted by atomic mass is 9.88. The molecule has 1 saturated heterocycles. The second-order valence-corrected chi connectivity index (χ2v) is 4.24. The van der Waals surface area contributed by atoms with Gasteiger partial charge in [0.2, 0.25) is 0 Å². The maximum atomic E-state index is 13.5. The highest BCUT2D eigenvalue weighted by molar-refractivity contribution is 5.20. The predicted octanol–water partition coefficient (Wildman–Crippen LogP) is 2.99. The first-order valence-electron chi connectivity index (χ1n) is 5.26. The standard InChI is InChI=1S/C12H15F2N/c1-9-8-15-11(7-12(9,13)14)10-5-3-2-4-6-10/h2-6,9,11,15H,7-8H2,1H3. The zero-order chi connectivity index (χ0) is 10.9. The number of hydrogen-bond acceptors (Lipinski definition) is 1. The molecule has 1 aliphatic heterocycles. The van der Waals surface area contributed by atoms with Crippen LogP contribution in [0.25, 0.3) is 0 Å². The van der Waals surface area contributed by atoms with E-state index in [-0.39, 0.29) is 12.5 Å². The van der Waals surface area contributed by atoms with Crippen LogP contribution in [0.3, 0.4) is 0 Å². The summed E-state index contributed by atoms with van der Waals surface area (Å²) >= 11 is 0. The highest BCUT2D eigenvalue weighted by Gasteiger charge is 2.42. The number of hydrogen-bond donors (Lipinski definition) is 1. The molecule has 0 radical (unpaired) electrons. The normalized spacial score (nSPS) is 30.1. The van der Waals surface area contributed by atoms with Gasteiger partial charge in [0.25, 0.3) is 5.92 Å². The SMILES string of the molecule is CC1CNC(c2ccccc2)CC1(F)F. The van der Waals surface area contributed by atoms with Gasteiger partial charge in [-0.25, -0.2) is 8.78 Å². The molecule has 82 valence electrons. The first-order valence-corrected chi connectivity index (χ1v) is 5.26. The summed E-state index contributed by atoms with van der Waals surface area (Å²) in [6.07, 6.45) is -0.0990. The predicted molar refractivity (Wildman–Crippen MR) is 55.9 cm³/mol. The summed E-state index contributed by atoms with van der Waals surface area (Å²) in [7, 11) is 0. The molecule has 1 nitrogen and oxygen atoms in total. The molecular weight excluding hydrogens is 196 g/mol. The molecule has 1 heterocycles. The fourth-order valence-electron chi connectivity index (χ4n) is 1.93. The van der Waals surface area contributed by atoms with Crippen LogP contribution in [0.5, 0.6) is 0 Å². The van der Waals surface area contributed by atoms with E-state index in [2.05, 4.69) is 5.32 Å². The van der Waals surface area contributed by atoms with Crippen molar-refractivity contribution >= 4 is 0 Å². The maximum absolute atomic E-state index is 13.5. The third-order valence-corrected chi connectivity index (χ3v) is 3.07. The summed E-state index contributed by atoms with van der Waals surface area (Å²) in [5.74, 6) is -3.12. The first kappa shape index (κ1) is 10.6. The van der Waals surface area contributed by atoms with Gasteiger partial charge in [0.05, 0.1) is 0 Å². The van der Waals surface area contributed by atoms with E-state index in [0.717, 1.165) is 5.56 Å². The zero-order valence-electron chi connectivity index (χ0n) is 8.71. The van der Waals surface area contributed by atoms with Gasteiger partial charge in [0.15, 0.2) is 0 Å². The Kier molecular flexibility index (Phi) is 2.74.